The van der Waals surface area contributed by atoms with Crippen molar-refractivity contribution in [1.82, 2.24) is 15.2 Å². The van der Waals surface area contributed by atoms with Gasteiger partial charge in [-0.15, -0.1) is 0 Å². The van der Waals surface area contributed by atoms with Gasteiger partial charge in [0.05, 0.1) is 17.5 Å². The van der Waals surface area contributed by atoms with Gasteiger partial charge in [0.15, 0.2) is 0 Å². The Morgan fingerprint density at radius 2 is 1.83 bits per heavy atom. The number of oxazole rings is 1. The standard InChI is InChI=1S/C23H32N4O3/c1-15-14-30-22(25-15)26-21(29)19-17-7-6-16(23(17)8-9-23)18(19)20(28)24-10-2-3-11-27-12-4-5-13-27/h6-7,14,16-19H,2-5,8-13H2,1H3,(H,24,28)(H,25,26,29)/t16-,17+,18-,19-/m1/s1. The molecule has 7 heteroatoms. The zero-order valence-corrected chi connectivity index (χ0v) is 17.7. The highest BCUT2D eigenvalue weighted by Crippen LogP contribution is 2.72. The highest BCUT2D eigenvalue weighted by atomic mass is 16.4. The average Bonchev–Trinajstić information content (AvgIpc) is 3.02. The van der Waals surface area contributed by atoms with Crippen LogP contribution in [0.2, 0.25) is 0 Å². The summed E-state index contributed by atoms with van der Waals surface area (Å²) in [5.74, 6) is -0.438. The number of carbonyl (C=O) groups is 2. The van der Waals surface area contributed by atoms with Gasteiger partial charge in [-0.05, 0) is 82.3 Å². The van der Waals surface area contributed by atoms with Crippen LogP contribution in [0.1, 0.15) is 44.2 Å². The van der Waals surface area contributed by atoms with Crippen molar-refractivity contribution in [2.24, 2.45) is 29.1 Å². The van der Waals surface area contributed by atoms with E-state index in [1.807, 2.05) is 6.92 Å². The Balaban J connectivity index is 1.20. The highest BCUT2D eigenvalue weighted by Gasteiger charge is 2.69. The van der Waals surface area contributed by atoms with Gasteiger partial charge in [-0.25, -0.2) is 0 Å². The number of aromatic nitrogens is 1. The third-order valence-electron chi connectivity index (χ3n) is 7.70. The summed E-state index contributed by atoms with van der Waals surface area (Å²) >= 11 is 0. The van der Waals surface area contributed by atoms with Crippen LogP contribution in [0.15, 0.2) is 22.8 Å². The Morgan fingerprint density at radius 3 is 2.47 bits per heavy atom. The molecular formula is C23H32N4O3. The van der Waals surface area contributed by atoms with Gasteiger partial charge in [0, 0.05) is 6.54 Å². The molecule has 0 unspecified atom stereocenters. The van der Waals surface area contributed by atoms with E-state index >= 15 is 0 Å². The molecular weight excluding hydrogens is 380 g/mol. The maximum Gasteiger partial charge on any atom is 0.301 e. The number of rotatable bonds is 8. The number of anilines is 1. The van der Waals surface area contributed by atoms with Crippen LogP contribution in [-0.4, -0.2) is 47.9 Å². The summed E-state index contributed by atoms with van der Waals surface area (Å²) in [6.07, 6.45) is 12.8. The van der Waals surface area contributed by atoms with E-state index in [1.54, 1.807) is 0 Å². The Morgan fingerprint density at radius 1 is 1.13 bits per heavy atom. The number of hydrogen-bond acceptors (Lipinski definition) is 5. The largest absolute Gasteiger partial charge is 0.432 e. The second-order valence-corrected chi connectivity index (χ2v) is 9.55. The predicted octanol–water partition coefficient (Wildman–Crippen LogP) is 2.74. The molecule has 0 radical (unpaired) electrons. The number of nitrogens with one attached hydrogen (secondary N) is 2. The molecule has 3 fully saturated rings. The lowest BCUT2D eigenvalue weighted by atomic mass is 9.81. The summed E-state index contributed by atoms with van der Waals surface area (Å²) in [5.41, 5.74) is 0.853. The molecule has 7 nitrogen and oxygen atoms in total. The van der Waals surface area contributed by atoms with E-state index in [0.717, 1.165) is 37.9 Å². The maximum atomic E-state index is 13.2. The first-order valence-corrected chi connectivity index (χ1v) is 11.5. The SMILES string of the molecule is Cc1coc(NC(=O)[C@H]2[C@H](C(=O)NCCCCN3CCCC3)[C@H]3C=C[C@@H]2C32CC2)n1. The van der Waals surface area contributed by atoms with Crippen LogP contribution in [0.25, 0.3) is 0 Å². The van der Waals surface area contributed by atoms with Crippen LogP contribution in [0.5, 0.6) is 0 Å². The van der Waals surface area contributed by atoms with Gasteiger partial charge in [0.1, 0.15) is 6.26 Å². The van der Waals surface area contributed by atoms with E-state index in [2.05, 4.69) is 32.7 Å². The van der Waals surface area contributed by atoms with Crippen molar-refractivity contribution in [3.8, 4) is 0 Å². The van der Waals surface area contributed by atoms with Crippen LogP contribution in [0.3, 0.4) is 0 Å². The summed E-state index contributed by atoms with van der Waals surface area (Å²) in [6.45, 7) is 6.05. The van der Waals surface area contributed by atoms with Crippen molar-refractivity contribution in [2.45, 2.75) is 45.4 Å². The molecule has 2 heterocycles. The molecule has 1 aliphatic heterocycles. The van der Waals surface area contributed by atoms with Crippen LogP contribution in [0.4, 0.5) is 6.01 Å². The van der Waals surface area contributed by atoms with Crippen molar-refractivity contribution in [2.75, 3.05) is 31.5 Å². The average molecular weight is 413 g/mol. The van der Waals surface area contributed by atoms with Crippen molar-refractivity contribution < 1.29 is 14.0 Å². The van der Waals surface area contributed by atoms with Crippen LogP contribution in [0, 0.1) is 36.0 Å². The topological polar surface area (TPSA) is 87.5 Å². The lowest BCUT2D eigenvalue weighted by Gasteiger charge is -2.25. The molecule has 3 aliphatic carbocycles. The summed E-state index contributed by atoms with van der Waals surface area (Å²) in [6, 6.07) is 0.218. The zero-order chi connectivity index (χ0) is 20.7. The molecule has 1 aromatic rings. The Hall–Kier alpha value is -2.15. The Labute approximate surface area is 177 Å². The minimum absolute atomic E-state index is 0.0306. The highest BCUT2D eigenvalue weighted by molar-refractivity contribution is 5.96. The number of allylic oxidation sites excluding steroid dienone is 2. The normalized spacial score (nSPS) is 30.8. The lowest BCUT2D eigenvalue weighted by molar-refractivity contribution is -0.132. The van der Waals surface area contributed by atoms with Crippen LogP contribution >= 0.6 is 0 Å². The fraction of sp³-hybridized carbons (Fsp3) is 0.696. The predicted molar refractivity (Wildman–Crippen MR) is 113 cm³/mol. The van der Waals surface area contributed by atoms with E-state index in [1.165, 1.54) is 32.2 Å². The van der Waals surface area contributed by atoms with Crippen LogP contribution < -0.4 is 10.6 Å². The molecule has 2 N–H and O–H groups in total. The number of carbonyl (C=O) groups excluding carboxylic acids is 2. The molecule has 4 atom stereocenters. The molecule has 162 valence electrons. The molecule has 1 aromatic heterocycles. The van der Waals surface area contributed by atoms with E-state index in [9.17, 15) is 9.59 Å². The fourth-order valence-corrected chi connectivity index (χ4v) is 6.11. The van der Waals surface area contributed by atoms with Gasteiger partial charge in [-0.1, -0.05) is 12.2 Å². The number of amides is 2. The molecule has 1 saturated heterocycles. The number of hydrogen-bond donors (Lipinski definition) is 2. The first kappa shape index (κ1) is 19.8. The van der Waals surface area contributed by atoms with E-state index < -0.39 is 0 Å². The van der Waals surface area contributed by atoms with Gasteiger partial charge in [0.2, 0.25) is 11.8 Å². The number of likely N-dealkylation sites (tertiary alicyclic amines) is 1. The third kappa shape index (κ3) is 3.47. The summed E-state index contributed by atoms with van der Waals surface area (Å²) in [5, 5.41) is 5.95. The Kier molecular flexibility index (Phi) is 5.17. The molecule has 1 spiro atoms. The summed E-state index contributed by atoms with van der Waals surface area (Å²) < 4.78 is 5.31. The lowest BCUT2D eigenvalue weighted by Crippen LogP contribution is -2.42. The van der Waals surface area contributed by atoms with E-state index in [0.29, 0.717) is 6.54 Å². The van der Waals surface area contributed by atoms with Gasteiger partial charge >= 0.3 is 6.01 Å². The minimum Gasteiger partial charge on any atom is -0.432 e. The summed E-state index contributed by atoms with van der Waals surface area (Å²) in [7, 11) is 0. The van der Waals surface area contributed by atoms with Gasteiger partial charge in [-0.3, -0.25) is 14.9 Å². The first-order chi connectivity index (χ1) is 14.6. The van der Waals surface area contributed by atoms with E-state index in [4.69, 9.17) is 4.42 Å². The van der Waals surface area contributed by atoms with Gasteiger partial charge in [-0.2, -0.15) is 4.98 Å². The van der Waals surface area contributed by atoms with Crippen LogP contribution in [-0.2, 0) is 9.59 Å². The molecule has 2 saturated carbocycles. The molecule has 5 rings (SSSR count). The van der Waals surface area contributed by atoms with E-state index in [-0.39, 0.29) is 46.9 Å². The quantitative estimate of drug-likeness (QED) is 0.506. The molecule has 30 heavy (non-hydrogen) atoms. The van der Waals surface area contributed by atoms with Crippen molar-refractivity contribution in [1.29, 1.82) is 0 Å². The molecule has 0 aromatic carbocycles. The van der Waals surface area contributed by atoms with Crippen molar-refractivity contribution in [3.05, 3.63) is 24.1 Å². The third-order valence-corrected chi connectivity index (χ3v) is 7.70. The maximum absolute atomic E-state index is 13.2. The second-order valence-electron chi connectivity index (χ2n) is 9.55. The smallest absolute Gasteiger partial charge is 0.301 e. The number of aryl methyl sites for hydroxylation is 1. The van der Waals surface area contributed by atoms with Crippen molar-refractivity contribution >= 4 is 17.8 Å². The van der Waals surface area contributed by atoms with Gasteiger partial charge < -0.3 is 14.6 Å². The minimum atomic E-state index is -0.348. The molecule has 2 amide bonds. The van der Waals surface area contributed by atoms with Crippen molar-refractivity contribution in [3.63, 3.8) is 0 Å². The molecule has 4 aliphatic rings. The zero-order valence-electron chi connectivity index (χ0n) is 17.7. The summed E-state index contributed by atoms with van der Waals surface area (Å²) in [4.78, 5) is 33.0. The monoisotopic (exact) mass is 412 g/mol. The second kappa shape index (κ2) is 7.84. The first-order valence-electron chi connectivity index (χ1n) is 11.5. The fourth-order valence-electron chi connectivity index (χ4n) is 6.11. The number of nitrogens with zero attached hydrogens (tertiary/aromatic N) is 2. The number of unbranched alkanes of at least 4 members (excludes halogenated alkanes) is 1. The Bertz CT molecular complexity index is 837. The molecule has 2 bridgehead atoms. The van der Waals surface area contributed by atoms with Gasteiger partial charge in [0.25, 0.3) is 0 Å².